The van der Waals surface area contributed by atoms with E-state index in [4.69, 9.17) is 10.5 Å². The Bertz CT molecular complexity index is 277. The van der Waals surface area contributed by atoms with Crippen molar-refractivity contribution < 1.29 is 9.53 Å². The topological polar surface area (TPSA) is 58.8 Å². The number of carbonyl (C=O) groups is 1. The average molecular weight is 255 g/mol. The highest BCUT2D eigenvalue weighted by atomic mass is 16.5. The van der Waals surface area contributed by atoms with Crippen LogP contribution in [-0.4, -0.2) is 67.2 Å². The Morgan fingerprint density at radius 1 is 1.33 bits per heavy atom. The fourth-order valence-electron chi connectivity index (χ4n) is 2.74. The van der Waals surface area contributed by atoms with E-state index in [0.717, 1.165) is 45.8 Å². The molecule has 0 bridgehead atoms. The van der Waals surface area contributed by atoms with Crippen molar-refractivity contribution in [1.82, 2.24) is 9.80 Å². The van der Waals surface area contributed by atoms with Crippen LogP contribution in [0.15, 0.2) is 0 Å². The first-order valence-electron chi connectivity index (χ1n) is 7.05. The molecule has 2 atom stereocenters. The van der Waals surface area contributed by atoms with Gasteiger partial charge in [-0.1, -0.05) is 0 Å². The first-order valence-corrected chi connectivity index (χ1v) is 7.05. The van der Waals surface area contributed by atoms with Crippen LogP contribution in [0.4, 0.5) is 0 Å². The summed E-state index contributed by atoms with van der Waals surface area (Å²) in [4.78, 5) is 16.2. The average Bonchev–Trinajstić information content (AvgIpc) is 2.73. The zero-order chi connectivity index (χ0) is 13.0. The largest absolute Gasteiger partial charge is 0.377 e. The Labute approximate surface area is 109 Å². The molecule has 0 spiro atoms. The zero-order valence-corrected chi connectivity index (χ0v) is 11.3. The van der Waals surface area contributed by atoms with E-state index in [1.54, 1.807) is 6.92 Å². The molecular formula is C13H25N3O2. The van der Waals surface area contributed by atoms with Gasteiger partial charge in [0.1, 0.15) is 0 Å². The lowest BCUT2D eigenvalue weighted by molar-refractivity contribution is -0.132. The maximum atomic E-state index is 11.9. The Morgan fingerprint density at radius 3 is 2.83 bits per heavy atom. The van der Waals surface area contributed by atoms with E-state index in [-0.39, 0.29) is 11.9 Å². The highest BCUT2D eigenvalue weighted by Gasteiger charge is 2.24. The molecule has 1 unspecified atom stereocenters. The minimum absolute atomic E-state index is 0.0777. The van der Waals surface area contributed by atoms with E-state index in [1.807, 2.05) is 4.90 Å². The Morgan fingerprint density at radius 2 is 2.17 bits per heavy atom. The summed E-state index contributed by atoms with van der Waals surface area (Å²) >= 11 is 0. The van der Waals surface area contributed by atoms with Crippen molar-refractivity contribution in [2.45, 2.75) is 38.3 Å². The Balaban J connectivity index is 1.78. The van der Waals surface area contributed by atoms with Gasteiger partial charge in [0.15, 0.2) is 0 Å². The van der Waals surface area contributed by atoms with E-state index in [1.165, 1.54) is 12.8 Å². The Hall–Kier alpha value is -0.650. The fourth-order valence-corrected chi connectivity index (χ4v) is 2.74. The van der Waals surface area contributed by atoms with Crippen LogP contribution in [0.5, 0.6) is 0 Å². The fraction of sp³-hybridized carbons (Fsp3) is 0.923. The van der Waals surface area contributed by atoms with Gasteiger partial charge >= 0.3 is 0 Å². The zero-order valence-electron chi connectivity index (χ0n) is 11.3. The minimum atomic E-state index is -0.380. The molecule has 2 rings (SSSR count). The molecule has 0 aliphatic carbocycles. The predicted octanol–water partition coefficient (Wildman–Crippen LogP) is 0.0469. The first kappa shape index (κ1) is 13.8. The number of amides is 1. The summed E-state index contributed by atoms with van der Waals surface area (Å²) in [6.07, 6.45) is 3.80. The second kappa shape index (κ2) is 6.50. The van der Waals surface area contributed by atoms with Gasteiger partial charge in [-0.3, -0.25) is 9.69 Å². The summed E-state index contributed by atoms with van der Waals surface area (Å²) in [6, 6.07) is -0.380. The summed E-state index contributed by atoms with van der Waals surface area (Å²) in [5.74, 6) is 0.0777. The lowest BCUT2D eigenvalue weighted by Gasteiger charge is -2.24. The van der Waals surface area contributed by atoms with Crippen molar-refractivity contribution in [2.75, 3.05) is 39.3 Å². The third-order valence-electron chi connectivity index (χ3n) is 3.78. The van der Waals surface area contributed by atoms with Crippen LogP contribution in [0.2, 0.25) is 0 Å². The molecular weight excluding hydrogens is 230 g/mol. The second-order valence-corrected chi connectivity index (χ2v) is 5.40. The second-order valence-electron chi connectivity index (χ2n) is 5.40. The molecule has 0 radical (unpaired) electrons. The van der Waals surface area contributed by atoms with E-state index in [2.05, 4.69) is 4.90 Å². The molecule has 1 amide bonds. The van der Waals surface area contributed by atoms with Crippen LogP contribution in [0, 0.1) is 0 Å². The third-order valence-corrected chi connectivity index (χ3v) is 3.78. The van der Waals surface area contributed by atoms with Crippen molar-refractivity contribution in [3.63, 3.8) is 0 Å². The predicted molar refractivity (Wildman–Crippen MR) is 70.3 cm³/mol. The van der Waals surface area contributed by atoms with Crippen LogP contribution < -0.4 is 5.73 Å². The molecule has 0 aromatic rings. The van der Waals surface area contributed by atoms with Crippen molar-refractivity contribution >= 4 is 5.91 Å². The molecule has 0 aromatic heterocycles. The molecule has 2 saturated heterocycles. The lowest BCUT2D eigenvalue weighted by Crippen LogP contribution is -2.44. The van der Waals surface area contributed by atoms with Crippen molar-refractivity contribution in [3.05, 3.63) is 0 Å². The molecule has 2 fully saturated rings. The highest BCUT2D eigenvalue weighted by Crippen LogP contribution is 2.14. The molecule has 5 nitrogen and oxygen atoms in total. The number of hydrogen-bond donors (Lipinski definition) is 1. The molecule has 18 heavy (non-hydrogen) atoms. The molecule has 2 heterocycles. The first-order chi connectivity index (χ1) is 8.66. The van der Waals surface area contributed by atoms with E-state index < -0.39 is 0 Å². The van der Waals surface area contributed by atoms with Gasteiger partial charge in [-0.2, -0.15) is 0 Å². The molecule has 2 aliphatic heterocycles. The number of rotatable bonds is 3. The Kier molecular flexibility index (Phi) is 4.97. The van der Waals surface area contributed by atoms with E-state index >= 15 is 0 Å². The van der Waals surface area contributed by atoms with Gasteiger partial charge < -0.3 is 15.4 Å². The van der Waals surface area contributed by atoms with Crippen LogP contribution in [0.3, 0.4) is 0 Å². The third kappa shape index (κ3) is 3.67. The normalized spacial score (nSPS) is 28.1. The SMILES string of the molecule is C[C@H](N)C(=O)N1CCCN(CC2CCCO2)CC1. The summed E-state index contributed by atoms with van der Waals surface area (Å²) in [5.41, 5.74) is 5.66. The summed E-state index contributed by atoms with van der Waals surface area (Å²) < 4.78 is 5.67. The number of nitrogens with zero attached hydrogens (tertiary/aromatic N) is 2. The van der Waals surface area contributed by atoms with Gasteiger partial charge in [0.25, 0.3) is 0 Å². The van der Waals surface area contributed by atoms with Gasteiger partial charge in [0.05, 0.1) is 12.1 Å². The standard InChI is InChI=1S/C13H25N3O2/c1-11(14)13(17)16-6-3-5-15(7-8-16)10-12-4-2-9-18-12/h11-12H,2-10,14H2,1H3/t11-,12?/m0/s1. The number of nitrogens with two attached hydrogens (primary N) is 1. The van der Waals surface area contributed by atoms with E-state index in [9.17, 15) is 4.79 Å². The van der Waals surface area contributed by atoms with E-state index in [0.29, 0.717) is 6.10 Å². The van der Waals surface area contributed by atoms with Gasteiger partial charge in [-0.25, -0.2) is 0 Å². The van der Waals surface area contributed by atoms with Crippen molar-refractivity contribution in [3.8, 4) is 0 Å². The maximum Gasteiger partial charge on any atom is 0.239 e. The lowest BCUT2D eigenvalue weighted by atomic mass is 10.2. The van der Waals surface area contributed by atoms with Crippen LogP contribution in [0.25, 0.3) is 0 Å². The summed E-state index contributed by atoms with van der Waals surface area (Å²) in [6.45, 7) is 7.32. The van der Waals surface area contributed by atoms with Crippen LogP contribution in [-0.2, 0) is 9.53 Å². The molecule has 2 N–H and O–H groups in total. The molecule has 0 aromatic carbocycles. The smallest absolute Gasteiger partial charge is 0.239 e. The minimum Gasteiger partial charge on any atom is -0.377 e. The summed E-state index contributed by atoms with van der Waals surface area (Å²) in [5, 5.41) is 0. The molecule has 5 heteroatoms. The maximum absolute atomic E-state index is 11.9. The highest BCUT2D eigenvalue weighted by molar-refractivity contribution is 5.81. The molecule has 2 aliphatic rings. The quantitative estimate of drug-likeness (QED) is 0.774. The van der Waals surface area contributed by atoms with Crippen LogP contribution >= 0.6 is 0 Å². The van der Waals surface area contributed by atoms with Crippen molar-refractivity contribution in [2.24, 2.45) is 5.73 Å². The monoisotopic (exact) mass is 255 g/mol. The summed E-state index contributed by atoms with van der Waals surface area (Å²) in [7, 11) is 0. The molecule has 0 saturated carbocycles. The van der Waals surface area contributed by atoms with Gasteiger partial charge in [-0.15, -0.1) is 0 Å². The van der Waals surface area contributed by atoms with Gasteiger partial charge in [0, 0.05) is 32.8 Å². The van der Waals surface area contributed by atoms with Crippen LogP contribution in [0.1, 0.15) is 26.2 Å². The number of carbonyl (C=O) groups excluding carboxylic acids is 1. The number of ether oxygens (including phenoxy) is 1. The van der Waals surface area contributed by atoms with Crippen molar-refractivity contribution in [1.29, 1.82) is 0 Å². The molecule has 104 valence electrons. The number of hydrogen-bond acceptors (Lipinski definition) is 4. The van der Waals surface area contributed by atoms with Gasteiger partial charge in [-0.05, 0) is 32.7 Å². The van der Waals surface area contributed by atoms with Gasteiger partial charge in [0.2, 0.25) is 5.91 Å².